The second-order valence-corrected chi connectivity index (χ2v) is 9.05. The average molecular weight is 372 g/mol. The lowest BCUT2D eigenvalue weighted by atomic mass is 10.0. The average Bonchev–Trinajstić information content (AvgIpc) is 2.98. The lowest BCUT2D eigenvalue weighted by molar-refractivity contribution is 0.0410. The highest BCUT2D eigenvalue weighted by Gasteiger charge is 2.47. The van der Waals surface area contributed by atoms with Gasteiger partial charge in [-0.1, -0.05) is 12.1 Å². The molecule has 4 rings (SSSR count). The van der Waals surface area contributed by atoms with Crippen molar-refractivity contribution in [2.75, 3.05) is 31.6 Å². The fraction of sp³-hybridized carbons (Fsp3) is 0.389. The number of fused-ring (bicyclic) bond motifs is 1. The van der Waals surface area contributed by atoms with Crippen molar-refractivity contribution in [1.29, 1.82) is 0 Å². The molecule has 3 heterocycles. The summed E-state index contributed by atoms with van der Waals surface area (Å²) in [7, 11) is -1.19. The predicted molar refractivity (Wildman–Crippen MR) is 97.4 cm³/mol. The van der Waals surface area contributed by atoms with Crippen LogP contribution in [0.5, 0.6) is 0 Å². The molecule has 2 saturated heterocycles. The van der Waals surface area contributed by atoms with Gasteiger partial charge in [-0.15, -0.1) is 0 Å². The van der Waals surface area contributed by atoms with E-state index in [1.165, 1.54) is 6.33 Å². The maximum Gasteiger partial charge on any atom is 0.254 e. The first-order valence-electron chi connectivity index (χ1n) is 8.52. The molecular formula is C18H20N4O3S. The number of amides is 1. The van der Waals surface area contributed by atoms with Crippen LogP contribution in [0.15, 0.2) is 43.0 Å². The highest BCUT2D eigenvalue weighted by Crippen LogP contribution is 2.28. The monoisotopic (exact) mass is 372 g/mol. The van der Waals surface area contributed by atoms with Crippen LogP contribution >= 0.6 is 0 Å². The van der Waals surface area contributed by atoms with Crippen LogP contribution in [0.1, 0.15) is 10.4 Å². The highest BCUT2D eigenvalue weighted by atomic mass is 32.2. The van der Waals surface area contributed by atoms with E-state index in [9.17, 15) is 13.2 Å². The van der Waals surface area contributed by atoms with Gasteiger partial charge in [0.2, 0.25) is 0 Å². The second-order valence-electron chi connectivity index (χ2n) is 6.90. The maximum atomic E-state index is 13.1. The molecule has 1 aromatic carbocycles. The van der Waals surface area contributed by atoms with E-state index < -0.39 is 9.84 Å². The van der Waals surface area contributed by atoms with Crippen LogP contribution in [0.4, 0.5) is 0 Å². The molecule has 0 saturated carbocycles. The number of carbonyl (C=O) groups excluding carboxylic acids is 1. The topological polar surface area (TPSA) is 83.5 Å². The number of piperazine rings is 1. The zero-order chi connectivity index (χ0) is 18.3. The Morgan fingerprint density at radius 2 is 1.81 bits per heavy atom. The fourth-order valence-electron chi connectivity index (χ4n) is 3.82. The Morgan fingerprint density at radius 3 is 2.58 bits per heavy atom. The highest BCUT2D eigenvalue weighted by molar-refractivity contribution is 7.91. The molecule has 2 fully saturated rings. The summed E-state index contributed by atoms with van der Waals surface area (Å²) >= 11 is 0. The molecule has 8 heteroatoms. The second kappa shape index (κ2) is 6.44. The minimum atomic E-state index is -3.11. The molecule has 2 aromatic rings. The van der Waals surface area contributed by atoms with Gasteiger partial charge in [0.15, 0.2) is 9.84 Å². The molecule has 2 aliphatic rings. The molecule has 136 valence electrons. The van der Waals surface area contributed by atoms with Gasteiger partial charge in [-0.2, -0.15) is 0 Å². The van der Waals surface area contributed by atoms with Crippen molar-refractivity contribution in [2.24, 2.45) is 0 Å². The number of sulfone groups is 1. The number of hydrogen-bond acceptors (Lipinski definition) is 6. The van der Waals surface area contributed by atoms with Gasteiger partial charge in [0.25, 0.3) is 5.91 Å². The Kier molecular flexibility index (Phi) is 4.24. The molecule has 1 aromatic heterocycles. The Balaban J connectivity index is 1.64. The van der Waals surface area contributed by atoms with E-state index in [0.717, 1.165) is 11.1 Å². The van der Waals surface area contributed by atoms with Crippen LogP contribution in [-0.4, -0.2) is 77.8 Å². The SMILES string of the molecule is CN1CCN(C(=O)c2cccc(-c3cncnc3)c2)[C@@H]2CS(=O)(=O)C[C@@H]21. The summed E-state index contributed by atoms with van der Waals surface area (Å²) in [5.74, 6) is 0.0446. The van der Waals surface area contributed by atoms with Crippen molar-refractivity contribution in [3.05, 3.63) is 48.5 Å². The van der Waals surface area contributed by atoms with Crippen LogP contribution in [0.25, 0.3) is 11.1 Å². The molecule has 0 unspecified atom stereocenters. The smallest absolute Gasteiger partial charge is 0.254 e. The molecule has 0 N–H and O–H groups in total. The van der Waals surface area contributed by atoms with E-state index in [1.54, 1.807) is 23.4 Å². The largest absolute Gasteiger partial charge is 0.332 e. The lowest BCUT2D eigenvalue weighted by Crippen LogP contribution is -2.59. The Morgan fingerprint density at radius 1 is 1.08 bits per heavy atom. The van der Waals surface area contributed by atoms with Crippen molar-refractivity contribution in [1.82, 2.24) is 19.8 Å². The summed E-state index contributed by atoms with van der Waals surface area (Å²) in [6, 6.07) is 6.92. The van der Waals surface area contributed by atoms with Crippen LogP contribution in [0, 0.1) is 0 Å². The third-order valence-electron chi connectivity index (χ3n) is 5.22. The van der Waals surface area contributed by atoms with Crippen LogP contribution in [0.2, 0.25) is 0 Å². The van der Waals surface area contributed by atoms with Gasteiger partial charge in [-0.25, -0.2) is 18.4 Å². The third kappa shape index (κ3) is 3.10. The number of nitrogens with zero attached hydrogens (tertiary/aromatic N) is 4. The number of rotatable bonds is 2. The molecule has 26 heavy (non-hydrogen) atoms. The van der Waals surface area contributed by atoms with Crippen LogP contribution < -0.4 is 0 Å². The van der Waals surface area contributed by atoms with Crippen LogP contribution in [-0.2, 0) is 9.84 Å². The zero-order valence-electron chi connectivity index (χ0n) is 14.4. The van der Waals surface area contributed by atoms with Gasteiger partial charge < -0.3 is 4.90 Å². The van der Waals surface area contributed by atoms with E-state index in [2.05, 4.69) is 14.9 Å². The molecule has 0 aliphatic carbocycles. The van der Waals surface area contributed by atoms with Crippen molar-refractivity contribution < 1.29 is 13.2 Å². The Bertz CT molecular complexity index is 932. The van der Waals surface area contributed by atoms with Crippen molar-refractivity contribution in [3.8, 4) is 11.1 Å². The van der Waals surface area contributed by atoms with Gasteiger partial charge >= 0.3 is 0 Å². The standard InChI is InChI=1S/C18H20N4O3S/c1-21-5-6-22(17-11-26(24,25)10-16(17)21)18(23)14-4-2-3-13(7-14)15-8-19-12-20-9-15/h2-4,7-9,12,16-17H,5-6,10-11H2,1H3/t16-,17+/m0/s1. The number of carbonyl (C=O) groups is 1. The van der Waals surface area contributed by atoms with E-state index >= 15 is 0 Å². The molecule has 7 nitrogen and oxygen atoms in total. The zero-order valence-corrected chi connectivity index (χ0v) is 15.3. The Labute approximate surface area is 152 Å². The molecule has 0 bridgehead atoms. The number of benzene rings is 1. The summed E-state index contributed by atoms with van der Waals surface area (Å²) in [6.45, 7) is 1.21. The normalized spacial score (nSPS) is 25.0. The minimum absolute atomic E-state index is 0.0416. The molecule has 2 aliphatic heterocycles. The van der Waals surface area contributed by atoms with Gasteiger partial charge in [-0.05, 0) is 24.7 Å². The summed E-state index contributed by atoms with van der Waals surface area (Å²) in [6.07, 6.45) is 4.86. The van der Waals surface area contributed by atoms with Crippen LogP contribution in [0.3, 0.4) is 0 Å². The van der Waals surface area contributed by atoms with Crippen molar-refractivity contribution in [3.63, 3.8) is 0 Å². The van der Waals surface area contributed by atoms with Gasteiger partial charge in [0.1, 0.15) is 6.33 Å². The minimum Gasteiger partial charge on any atom is -0.332 e. The van der Waals surface area contributed by atoms with E-state index in [4.69, 9.17) is 0 Å². The number of hydrogen-bond donors (Lipinski definition) is 0. The van der Waals surface area contributed by atoms with E-state index in [-0.39, 0.29) is 29.5 Å². The summed E-state index contributed by atoms with van der Waals surface area (Å²) in [4.78, 5) is 24.9. The number of likely N-dealkylation sites (N-methyl/N-ethyl adjacent to an activating group) is 1. The molecule has 1 amide bonds. The van der Waals surface area contributed by atoms with Crippen molar-refractivity contribution >= 4 is 15.7 Å². The lowest BCUT2D eigenvalue weighted by Gasteiger charge is -2.42. The fourth-order valence-corrected chi connectivity index (χ4v) is 5.88. The predicted octanol–water partition coefficient (Wildman–Crippen LogP) is 0.697. The van der Waals surface area contributed by atoms with E-state index in [0.29, 0.717) is 18.7 Å². The quantitative estimate of drug-likeness (QED) is 0.772. The molecule has 2 atom stereocenters. The van der Waals surface area contributed by atoms with Gasteiger partial charge in [0, 0.05) is 42.7 Å². The molecule has 0 spiro atoms. The molecule has 0 radical (unpaired) electrons. The Hall–Kier alpha value is -2.32. The summed E-state index contributed by atoms with van der Waals surface area (Å²) in [5.41, 5.74) is 2.25. The van der Waals surface area contributed by atoms with Gasteiger partial charge in [0.05, 0.1) is 17.5 Å². The molecular weight excluding hydrogens is 352 g/mol. The number of aromatic nitrogens is 2. The maximum absolute atomic E-state index is 13.1. The first kappa shape index (κ1) is 17.1. The van der Waals surface area contributed by atoms with Crippen molar-refractivity contribution in [2.45, 2.75) is 12.1 Å². The first-order valence-corrected chi connectivity index (χ1v) is 10.3. The summed E-state index contributed by atoms with van der Waals surface area (Å²) in [5, 5.41) is 0. The van der Waals surface area contributed by atoms with Gasteiger partial charge in [-0.3, -0.25) is 9.69 Å². The van der Waals surface area contributed by atoms with E-state index in [1.807, 2.05) is 25.2 Å². The third-order valence-corrected chi connectivity index (χ3v) is 6.92. The first-order chi connectivity index (χ1) is 12.4. The summed E-state index contributed by atoms with van der Waals surface area (Å²) < 4.78 is 24.2.